The van der Waals surface area contributed by atoms with E-state index < -0.39 is 6.80 Å². The largest absolute Gasteiger partial charge is 0.395 e. The number of aliphatic hydroxyl groups excluding tert-OH is 1. The number of rotatable bonds is 7. The van der Waals surface area contributed by atoms with Gasteiger partial charge in [-0.3, -0.25) is 0 Å². The molecule has 0 aliphatic carbocycles. The summed E-state index contributed by atoms with van der Waals surface area (Å²) >= 11 is 0.992. The number of hydrogen-bond donors (Lipinski definition) is 3. The Hall–Kier alpha value is 0.420. The predicted octanol–water partition coefficient (Wildman–Crippen LogP) is 1.46. The molecule has 1 unspecified atom stereocenters. The summed E-state index contributed by atoms with van der Waals surface area (Å²) in [7, 11) is 1.80. The Morgan fingerprint density at radius 1 is 1.47 bits per heavy atom. The molecule has 0 aromatic rings. The SMILES string of the molecule is CCCSP(=O)(O)OCC.CNCCO. The van der Waals surface area contributed by atoms with Crippen molar-refractivity contribution in [2.75, 3.05) is 32.6 Å². The van der Waals surface area contributed by atoms with Gasteiger partial charge in [0.25, 0.3) is 0 Å². The number of hydrogen-bond acceptors (Lipinski definition) is 5. The van der Waals surface area contributed by atoms with Crippen LogP contribution in [-0.4, -0.2) is 42.6 Å². The molecule has 0 aliphatic heterocycles. The number of nitrogens with one attached hydrogen (secondary N) is 1. The molecule has 7 heteroatoms. The highest BCUT2D eigenvalue weighted by Crippen LogP contribution is 2.55. The van der Waals surface area contributed by atoms with Crippen LogP contribution < -0.4 is 5.32 Å². The molecule has 0 rings (SSSR count). The van der Waals surface area contributed by atoms with E-state index in [1.165, 1.54) is 0 Å². The normalized spacial score (nSPS) is 13.9. The van der Waals surface area contributed by atoms with E-state index in [-0.39, 0.29) is 6.61 Å². The van der Waals surface area contributed by atoms with Crippen LogP contribution in [0.15, 0.2) is 0 Å². The zero-order chi connectivity index (χ0) is 12.2. The third-order valence-electron chi connectivity index (χ3n) is 1.11. The first kappa shape index (κ1) is 17.8. The highest BCUT2D eigenvalue weighted by molar-refractivity contribution is 8.54. The maximum Gasteiger partial charge on any atom is 0.386 e. The summed E-state index contributed by atoms with van der Waals surface area (Å²) in [6.07, 6.45) is 0.891. The molecule has 0 fully saturated rings. The molecule has 15 heavy (non-hydrogen) atoms. The molecule has 0 aliphatic rings. The molecule has 94 valence electrons. The van der Waals surface area contributed by atoms with E-state index >= 15 is 0 Å². The Labute approximate surface area is 95.9 Å². The summed E-state index contributed by atoms with van der Waals surface area (Å²) in [6.45, 7) is 1.59. The van der Waals surface area contributed by atoms with E-state index in [0.717, 1.165) is 17.8 Å². The lowest BCUT2D eigenvalue weighted by atomic mass is 10.6. The Morgan fingerprint density at radius 2 is 2.07 bits per heavy atom. The first-order chi connectivity index (χ1) is 7.04. The molecular formula is C8H22NO4PS. The van der Waals surface area contributed by atoms with Gasteiger partial charge in [-0.1, -0.05) is 6.92 Å². The minimum absolute atomic E-state index is 0.233. The minimum Gasteiger partial charge on any atom is -0.395 e. The van der Waals surface area contributed by atoms with Crippen LogP contribution >= 0.6 is 18.2 Å². The van der Waals surface area contributed by atoms with Crippen molar-refractivity contribution >= 4 is 18.2 Å². The summed E-state index contributed by atoms with van der Waals surface area (Å²) in [5.74, 6) is 0.674. The zero-order valence-corrected chi connectivity index (χ0v) is 11.3. The Bertz CT molecular complexity index is 169. The molecule has 0 bridgehead atoms. The van der Waals surface area contributed by atoms with Gasteiger partial charge in [0.1, 0.15) is 0 Å². The van der Waals surface area contributed by atoms with Crippen LogP contribution in [0, 0.1) is 0 Å². The van der Waals surface area contributed by atoms with E-state index in [9.17, 15) is 4.57 Å². The maximum atomic E-state index is 10.9. The van der Waals surface area contributed by atoms with E-state index in [2.05, 4.69) is 9.84 Å². The van der Waals surface area contributed by atoms with Crippen LogP contribution in [-0.2, 0) is 9.09 Å². The first-order valence-corrected chi connectivity index (χ1v) is 8.08. The topological polar surface area (TPSA) is 78.8 Å². The van der Waals surface area contributed by atoms with Gasteiger partial charge in [-0.25, -0.2) is 4.57 Å². The Morgan fingerprint density at radius 3 is 2.33 bits per heavy atom. The lowest BCUT2D eigenvalue weighted by molar-refractivity contribution is 0.291. The van der Waals surface area contributed by atoms with Crippen molar-refractivity contribution in [3.05, 3.63) is 0 Å². The van der Waals surface area contributed by atoms with E-state index in [1.54, 1.807) is 14.0 Å². The average molecular weight is 259 g/mol. The first-order valence-electron chi connectivity index (χ1n) is 4.91. The van der Waals surface area contributed by atoms with Crippen molar-refractivity contribution in [2.24, 2.45) is 0 Å². The highest BCUT2D eigenvalue weighted by atomic mass is 32.7. The van der Waals surface area contributed by atoms with Gasteiger partial charge in [0, 0.05) is 12.3 Å². The second-order valence-corrected chi connectivity index (χ2v) is 6.57. The van der Waals surface area contributed by atoms with Gasteiger partial charge in [0.05, 0.1) is 13.2 Å². The number of aliphatic hydroxyl groups is 1. The predicted molar refractivity (Wildman–Crippen MR) is 65.2 cm³/mol. The van der Waals surface area contributed by atoms with Gasteiger partial charge in [0.15, 0.2) is 0 Å². The van der Waals surface area contributed by atoms with Crippen LogP contribution in [0.25, 0.3) is 0 Å². The zero-order valence-electron chi connectivity index (χ0n) is 9.60. The second kappa shape index (κ2) is 12.5. The summed E-state index contributed by atoms with van der Waals surface area (Å²) in [5.41, 5.74) is 0. The van der Waals surface area contributed by atoms with E-state index in [0.29, 0.717) is 18.9 Å². The third kappa shape index (κ3) is 17.1. The fourth-order valence-corrected chi connectivity index (χ4v) is 3.11. The average Bonchev–Trinajstić information content (AvgIpc) is 2.17. The van der Waals surface area contributed by atoms with Crippen LogP contribution in [0.2, 0.25) is 0 Å². The van der Waals surface area contributed by atoms with E-state index in [4.69, 9.17) is 10.00 Å². The molecule has 1 atom stereocenters. The van der Waals surface area contributed by atoms with Crippen LogP contribution in [0.4, 0.5) is 0 Å². The lowest BCUT2D eigenvalue weighted by Gasteiger charge is -2.07. The minimum atomic E-state index is -3.29. The van der Waals surface area contributed by atoms with Gasteiger partial charge < -0.3 is 19.8 Å². The Balaban J connectivity index is 0. The standard InChI is InChI=1S/C5H13O3PS.C3H9NO/c1-3-5-10-9(6,7)8-4-2;1-4-2-3-5/h3-5H2,1-2H3,(H,6,7);4-5H,2-3H2,1H3. The molecular weight excluding hydrogens is 237 g/mol. The summed E-state index contributed by atoms with van der Waals surface area (Å²) in [5, 5.41) is 10.8. The molecule has 0 aromatic carbocycles. The lowest BCUT2D eigenvalue weighted by Crippen LogP contribution is -2.10. The van der Waals surface area contributed by atoms with Crippen molar-refractivity contribution in [1.29, 1.82) is 0 Å². The second-order valence-electron chi connectivity index (χ2n) is 2.55. The van der Waals surface area contributed by atoms with Crippen LogP contribution in [0.1, 0.15) is 20.3 Å². The van der Waals surface area contributed by atoms with Crippen molar-refractivity contribution in [2.45, 2.75) is 20.3 Å². The molecule has 0 saturated heterocycles. The van der Waals surface area contributed by atoms with Crippen LogP contribution in [0.3, 0.4) is 0 Å². The van der Waals surface area contributed by atoms with Gasteiger partial charge in [0.2, 0.25) is 0 Å². The summed E-state index contributed by atoms with van der Waals surface area (Å²) in [4.78, 5) is 8.94. The maximum absolute atomic E-state index is 10.9. The van der Waals surface area contributed by atoms with Gasteiger partial charge in [-0.15, -0.1) is 0 Å². The van der Waals surface area contributed by atoms with Crippen molar-refractivity contribution in [3.63, 3.8) is 0 Å². The summed E-state index contributed by atoms with van der Waals surface area (Å²) < 4.78 is 15.5. The third-order valence-corrected chi connectivity index (χ3v) is 4.46. The molecule has 5 nitrogen and oxygen atoms in total. The van der Waals surface area contributed by atoms with Crippen LogP contribution in [0.5, 0.6) is 0 Å². The van der Waals surface area contributed by atoms with Gasteiger partial charge in [-0.2, -0.15) is 0 Å². The molecule has 0 radical (unpaired) electrons. The highest BCUT2D eigenvalue weighted by Gasteiger charge is 2.17. The molecule has 0 heterocycles. The molecule has 0 aromatic heterocycles. The fourth-order valence-electron chi connectivity index (χ4n) is 0.519. The molecule has 3 N–H and O–H groups in total. The van der Waals surface area contributed by atoms with E-state index in [1.807, 2.05) is 6.92 Å². The van der Waals surface area contributed by atoms with Crippen molar-refractivity contribution < 1.29 is 19.1 Å². The molecule has 0 spiro atoms. The fraction of sp³-hybridized carbons (Fsp3) is 1.00. The Kier molecular flexibility index (Phi) is 14.8. The number of likely N-dealkylation sites (N-methyl/N-ethyl adjacent to an activating group) is 1. The van der Waals surface area contributed by atoms with Crippen molar-refractivity contribution in [1.82, 2.24) is 5.32 Å². The smallest absolute Gasteiger partial charge is 0.386 e. The molecule has 0 amide bonds. The van der Waals surface area contributed by atoms with Gasteiger partial charge in [-0.05, 0) is 31.8 Å². The summed E-state index contributed by atoms with van der Waals surface area (Å²) in [6, 6.07) is 0. The van der Waals surface area contributed by atoms with Crippen molar-refractivity contribution in [3.8, 4) is 0 Å². The van der Waals surface area contributed by atoms with Gasteiger partial charge >= 0.3 is 6.80 Å². The quantitative estimate of drug-likeness (QED) is 0.601. The monoisotopic (exact) mass is 259 g/mol. The molecule has 0 saturated carbocycles.